The van der Waals surface area contributed by atoms with Crippen LogP contribution in [0.5, 0.6) is 0 Å². The zero-order chi connectivity index (χ0) is 19.6. The smallest absolute Gasteiger partial charge is 0.266 e. The second-order valence-electron chi connectivity index (χ2n) is 5.60. The van der Waals surface area contributed by atoms with Crippen molar-refractivity contribution in [2.75, 3.05) is 13.1 Å². The molecule has 1 amide bonds. The number of aliphatic imine (C=N–C) groups is 1. The van der Waals surface area contributed by atoms with Gasteiger partial charge in [-0.1, -0.05) is 17.7 Å². The van der Waals surface area contributed by atoms with Crippen molar-refractivity contribution in [3.63, 3.8) is 0 Å². The van der Waals surface area contributed by atoms with Crippen LogP contribution < -0.4 is 5.11 Å². The van der Waals surface area contributed by atoms with Gasteiger partial charge in [-0.25, -0.2) is 0 Å². The number of carboxylic acid groups (broad SMARTS) is 1. The number of likely N-dealkylation sites (N-methyl/N-ethyl adjacent to an activating group) is 1. The van der Waals surface area contributed by atoms with Crippen molar-refractivity contribution < 1.29 is 19.1 Å². The van der Waals surface area contributed by atoms with Gasteiger partial charge in [0.25, 0.3) is 5.91 Å². The standard InChI is InChI=1S/C19H17ClN2O4S/c1-3-21-19-22(4-2)17(23)16(27-19)10-12-6-8-15(26-12)13-9-11(18(24)25)5-7-14(13)20/h5-10H,3-4H2,1-2H3,(H,24,25)/p-1/b16-10+,21-19?. The fourth-order valence-corrected chi connectivity index (χ4v) is 3.88. The SMILES string of the molecule is CCN=C1S/C(=C/c2ccc(-c3cc(C(=O)[O-])ccc3Cl)o2)C(=O)N1CC. The van der Waals surface area contributed by atoms with Crippen LogP contribution in [-0.4, -0.2) is 35.0 Å². The number of benzene rings is 1. The maximum atomic E-state index is 12.5. The van der Waals surface area contributed by atoms with Crippen LogP contribution >= 0.6 is 23.4 Å². The lowest BCUT2D eigenvalue weighted by Crippen LogP contribution is -2.28. The molecule has 0 N–H and O–H groups in total. The van der Waals surface area contributed by atoms with E-state index in [1.165, 1.54) is 30.0 Å². The molecule has 0 aliphatic carbocycles. The quantitative estimate of drug-likeness (QED) is 0.715. The molecule has 1 fully saturated rings. The molecule has 0 atom stereocenters. The summed E-state index contributed by atoms with van der Waals surface area (Å²) in [7, 11) is 0. The molecule has 3 rings (SSSR count). The summed E-state index contributed by atoms with van der Waals surface area (Å²) in [4.78, 5) is 30.0. The molecule has 0 bridgehead atoms. The Kier molecular flexibility index (Phi) is 5.72. The van der Waals surface area contributed by atoms with Crippen molar-refractivity contribution in [1.29, 1.82) is 0 Å². The van der Waals surface area contributed by atoms with Crippen molar-refractivity contribution in [1.82, 2.24) is 4.90 Å². The number of carbonyl (C=O) groups is 2. The van der Waals surface area contributed by atoms with Gasteiger partial charge >= 0.3 is 0 Å². The predicted octanol–water partition coefficient (Wildman–Crippen LogP) is 3.28. The van der Waals surface area contributed by atoms with Crippen molar-refractivity contribution in [2.24, 2.45) is 4.99 Å². The fourth-order valence-electron chi connectivity index (χ4n) is 2.59. The van der Waals surface area contributed by atoms with Crippen LogP contribution in [0.3, 0.4) is 0 Å². The molecular formula is C19H16ClN2O4S-. The number of hydrogen-bond acceptors (Lipinski definition) is 6. The van der Waals surface area contributed by atoms with Gasteiger partial charge in [-0.2, -0.15) is 0 Å². The molecule has 6 nitrogen and oxygen atoms in total. The summed E-state index contributed by atoms with van der Waals surface area (Å²) in [6, 6.07) is 7.62. The molecule has 1 aromatic carbocycles. The summed E-state index contributed by atoms with van der Waals surface area (Å²) in [6.45, 7) is 4.94. The van der Waals surface area contributed by atoms with E-state index in [0.717, 1.165) is 0 Å². The zero-order valence-corrected chi connectivity index (χ0v) is 16.3. The fraction of sp³-hybridized carbons (Fsp3) is 0.211. The topological polar surface area (TPSA) is 85.9 Å². The van der Waals surface area contributed by atoms with Gasteiger partial charge in [0.2, 0.25) is 0 Å². The Morgan fingerprint density at radius 2 is 2.11 bits per heavy atom. The third kappa shape index (κ3) is 3.94. The van der Waals surface area contributed by atoms with Crippen molar-refractivity contribution in [2.45, 2.75) is 13.8 Å². The second kappa shape index (κ2) is 8.02. The molecule has 1 aromatic heterocycles. The van der Waals surface area contributed by atoms with E-state index < -0.39 is 5.97 Å². The highest BCUT2D eigenvalue weighted by Gasteiger charge is 2.32. The summed E-state index contributed by atoms with van der Waals surface area (Å²) < 4.78 is 5.76. The van der Waals surface area contributed by atoms with E-state index in [1.807, 2.05) is 13.8 Å². The Morgan fingerprint density at radius 3 is 2.78 bits per heavy atom. The maximum Gasteiger partial charge on any atom is 0.266 e. The van der Waals surface area contributed by atoms with E-state index in [9.17, 15) is 14.7 Å². The van der Waals surface area contributed by atoms with Gasteiger partial charge < -0.3 is 14.3 Å². The maximum absolute atomic E-state index is 12.5. The molecular weight excluding hydrogens is 388 g/mol. The Bertz CT molecular complexity index is 964. The Morgan fingerprint density at radius 1 is 1.33 bits per heavy atom. The number of nitrogens with zero attached hydrogens (tertiary/aromatic N) is 2. The second-order valence-corrected chi connectivity index (χ2v) is 7.02. The highest BCUT2D eigenvalue weighted by Crippen LogP contribution is 2.35. The van der Waals surface area contributed by atoms with Gasteiger partial charge in [0.05, 0.1) is 15.9 Å². The summed E-state index contributed by atoms with van der Waals surface area (Å²) in [5.41, 5.74) is 0.447. The molecule has 1 aliphatic rings. The summed E-state index contributed by atoms with van der Waals surface area (Å²) in [6.07, 6.45) is 1.65. The molecule has 27 heavy (non-hydrogen) atoms. The number of aromatic carboxylic acids is 1. The van der Waals surface area contributed by atoms with E-state index in [4.69, 9.17) is 16.0 Å². The van der Waals surface area contributed by atoms with E-state index in [-0.39, 0.29) is 11.5 Å². The molecule has 0 radical (unpaired) electrons. The lowest BCUT2D eigenvalue weighted by molar-refractivity contribution is -0.255. The first kappa shape index (κ1) is 19.3. The first-order valence-corrected chi connectivity index (χ1v) is 9.51. The minimum Gasteiger partial charge on any atom is -0.545 e. The highest BCUT2D eigenvalue weighted by atomic mass is 35.5. The van der Waals surface area contributed by atoms with E-state index >= 15 is 0 Å². The third-order valence-corrected chi connectivity index (χ3v) is 5.24. The van der Waals surface area contributed by atoms with Gasteiger partial charge in [0.15, 0.2) is 5.17 Å². The Labute approximate surface area is 165 Å². The number of amidine groups is 1. The van der Waals surface area contributed by atoms with Crippen molar-refractivity contribution in [3.8, 4) is 11.3 Å². The molecule has 0 unspecified atom stereocenters. The number of hydrogen-bond donors (Lipinski definition) is 0. The van der Waals surface area contributed by atoms with E-state index in [1.54, 1.807) is 23.1 Å². The van der Waals surface area contributed by atoms with Crippen molar-refractivity contribution >= 4 is 46.5 Å². The molecule has 140 valence electrons. The molecule has 2 aromatic rings. The predicted molar refractivity (Wildman–Crippen MR) is 104 cm³/mol. The van der Waals surface area contributed by atoms with Crippen LogP contribution in [0.4, 0.5) is 0 Å². The third-order valence-electron chi connectivity index (χ3n) is 3.87. The number of furan rings is 1. The number of thioether (sulfide) groups is 1. The minimum atomic E-state index is -1.29. The average molecular weight is 404 g/mol. The Balaban J connectivity index is 1.92. The van der Waals surface area contributed by atoms with Crippen LogP contribution in [0.15, 0.2) is 44.6 Å². The number of halogens is 1. The number of rotatable bonds is 5. The first-order valence-electron chi connectivity index (χ1n) is 8.31. The number of amides is 1. The van der Waals surface area contributed by atoms with Gasteiger partial charge in [-0.05, 0) is 55.4 Å². The van der Waals surface area contributed by atoms with Crippen LogP contribution in [-0.2, 0) is 4.79 Å². The van der Waals surface area contributed by atoms with Crippen LogP contribution in [0, 0.1) is 0 Å². The summed E-state index contributed by atoms with van der Waals surface area (Å²) in [5.74, 6) is -0.549. The highest BCUT2D eigenvalue weighted by molar-refractivity contribution is 8.18. The summed E-state index contributed by atoms with van der Waals surface area (Å²) in [5, 5.41) is 12.1. The van der Waals surface area contributed by atoms with Crippen LogP contribution in [0.2, 0.25) is 5.02 Å². The molecule has 0 spiro atoms. The molecule has 8 heteroatoms. The average Bonchev–Trinajstić information content (AvgIpc) is 3.21. The largest absolute Gasteiger partial charge is 0.545 e. The van der Waals surface area contributed by atoms with Crippen LogP contribution in [0.1, 0.15) is 30.0 Å². The van der Waals surface area contributed by atoms with E-state index in [2.05, 4.69) is 4.99 Å². The zero-order valence-electron chi connectivity index (χ0n) is 14.7. The number of carboxylic acids is 1. The van der Waals surface area contributed by atoms with Crippen molar-refractivity contribution in [3.05, 3.63) is 51.6 Å². The van der Waals surface area contributed by atoms with Gasteiger partial charge in [0.1, 0.15) is 11.5 Å². The monoisotopic (exact) mass is 403 g/mol. The Hall–Kier alpha value is -2.51. The molecule has 2 heterocycles. The lowest BCUT2D eigenvalue weighted by atomic mass is 10.1. The number of carbonyl (C=O) groups excluding carboxylic acids is 2. The molecule has 1 saturated heterocycles. The minimum absolute atomic E-state index is 0.00578. The molecule has 1 aliphatic heterocycles. The van der Waals surface area contributed by atoms with Gasteiger partial charge in [-0.15, -0.1) is 0 Å². The normalized spacial score (nSPS) is 17.3. The van der Waals surface area contributed by atoms with Gasteiger partial charge in [-0.3, -0.25) is 14.7 Å². The summed E-state index contributed by atoms with van der Waals surface area (Å²) >= 11 is 7.46. The first-order chi connectivity index (χ1) is 12.9. The lowest BCUT2D eigenvalue weighted by Gasteiger charge is -2.11. The van der Waals surface area contributed by atoms with Gasteiger partial charge in [0, 0.05) is 24.7 Å². The van der Waals surface area contributed by atoms with E-state index in [0.29, 0.717) is 45.3 Å². The molecule has 0 saturated carbocycles. The van der Waals surface area contributed by atoms with Crippen LogP contribution in [0.25, 0.3) is 17.4 Å².